The smallest absolute Gasteiger partial charge is 0.150 e. The maximum atomic E-state index is 10.5. The van der Waals surface area contributed by atoms with E-state index in [9.17, 15) is 4.79 Å². The highest BCUT2D eigenvalue weighted by Crippen LogP contribution is 2.13. The van der Waals surface area contributed by atoms with Crippen LogP contribution in [0.4, 0.5) is 0 Å². The number of allylic oxidation sites excluding steroid dienone is 4. The highest BCUT2D eigenvalue weighted by Gasteiger charge is 2.00. The highest BCUT2D eigenvalue weighted by atomic mass is 16.5. The molecule has 0 fully saturated rings. The largest absolute Gasteiger partial charge is 0.489 e. The van der Waals surface area contributed by atoms with E-state index in [0.717, 1.165) is 23.2 Å². The molecular formula is C16H18O2. The minimum absolute atomic E-state index is 0.468. The molecule has 2 heteroatoms. The van der Waals surface area contributed by atoms with Crippen LogP contribution < -0.4 is 0 Å². The van der Waals surface area contributed by atoms with E-state index < -0.39 is 0 Å². The molecule has 18 heavy (non-hydrogen) atoms. The van der Waals surface area contributed by atoms with Gasteiger partial charge in [-0.05, 0) is 31.1 Å². The molecule has 0 saturated heterocycles. The number of benzene rings is 1. The fourth-order valence-corrected chi connectivity index (χ4v) is 1.35. The number of ether oxygens (including phenoxy) is 1. The zero-order valence-electron chi connectivity index (χ0n) is 10.8. The third-order valence-electron chi connectivity index (χ3n) is 2.37. The lowest BCUT2D eigenvalue weighted by Crippen LogP contribution is -1.95. The topological polar surface area (TPSA) is 26.3 Å². The average molecular weight is 242 g/mol. The SMILES string of the molecule is C=C(C)/C(=C\C=C/C)OCc1ccc(C=O)cc1. The lowest BCUT2D eigenvalue weighted by atomic mass is 10.1. The number of aldehydes is 1. The molecule has 0 atom stereocenters. The van der Waals surface area contributed by atoms with E-state index in [2.05, 4.69) is 6.58 Å². The van der Waals surface area contributed by atoms with Crippen molar-refractivity contribution in [3.8, 4) is 0 Å². The van der Waals surface area contributed by atoms with Crippen molar-refractivity contribution in [3.63, 3.8) is 0 Å². The monoisotopic (exact) mass is 242 g/mol. The van der Waals surface area contributed by atoms with Gasteiger partial charge in [-0.2, -0.15) is 0 Å². The van der Waals surface area contributed by atoms with Crippen LogP contribution in [0, 0.1) is 0 Å². The molecule has 0 spiro atoms. The number of hydrogen-bond donors (Lipinski definition) is 0. The molecule has 0 saturated carbocycles. The molecule has 0 bridgehead atoms. The molecule has 0 radical (unpaired) electrons. The van der Waals surface area contributed by atoms with Gasteiger partial charge in [-0.1, -0.05) is 43.0 Å². The van der Waals surface area contributed by atoms with Gasteiger partial charge in [0, 0.05) is 5.56 Å². The van der Waals surface area contributed by atoms with Crippen molar-refractivity contribution in [2.75, 3.05) is 0 Å². The Morgan fingerprint density at radius 1 is 1.33 bits per heavy atom. The number of hydrogen-bond acceptors (Lipinski definition) is 2. The normalized spacial score (nSPS) is 11.6. The summed E-state index contributed by atoms with van der Waals surface area (Å²) in [5.74, 6) is 0.771. The second-order valence-corrected chi connectivity index (χ2v) is 3.99. The minimum Gasteiger partial charge on any atom is -0.489 e. The van der Waals surface area contributed by atoms with Crippen LogP contribution in [0.3, 0.4) is 0 Å². The minimum atomic E-state index is 0.468. The highest BCUT2D eigenvalue weighted by molar-refractivity contribution is 5.74. The Morgan fingerprint density at radius 3 is 2.50 bits per heavy atom. The average Bonchev–Trinajstić information content (AvgIpc) is 2.39. The van der Waals surface area contributed by atoms with Gasteiger partial charge in [-0.15, -0.1) is 0 Å². The molecule has 0 unspecified atom stereocenters. The van der Waals surface area contributed by atoms with E-state index in [1.54, 1.807) is 12.1 Å². The summed E-state index contributed by atoms with van der Waals surface area (Å²) in [5.41, 5.74) is 2.58. The molecule has 0 aliphatic rings. The fourth-order valence-electron chi connectivity index (χ4n) is 1.35. The molecule has 1 aromatic rings. The molecule has 0 heterocycles. The maximum Gasteiger partial charge on any atom is 0.150 e. The van der Waals surface area contributed by atoms with Crippen molar-refractivity contribution >= 4 is 6.29 Å². The maximum absolute atomic E-state index is 10.5. The van der Waals surface area contributed by atoms with E-state index in [1.165, 1.54) is 0 Å². The molecule has 0 amide bonds. The lowest BCUT2D eigenvalue weighted by Gasteiger charge is -2.10. The second kappa shape index (κ2) is 7.28. The molecule has 0 aliphatic carbocycles. The third kappa shape index (κ3) is 4.42. The van der Waals surface area contributed by atoms with Gasteiger partial charge in [0.05, 0.1) is 0 Å². The molecule has 2 nitrogen and oxygen atoms in total. The molecule has 0 N–H and O–H groups in total. The summed E-state index contributed by atoms with van der Waals surface area (Å²) in [6.07, 6.45) is 6.57. The molecule has 1 aromatic carbocycles. The van der Waals surface area contributed by atoms with Crippen molar-refractivity contribution in [2.45, 2.75) is 20.5 Å². The van der Waals surface area contributed by atoms with E-state index in [1.807, 2.05) is 44.2 Å². The zero-order chi connectivity index (χ0) is 13.4. The summed E-state index contributed by atoms with van der Waals surface area (Å²) in [4.78, 5) is 10.5. The van der Waals surface area contributed by atoms with Crippen LogP contribution in [0.1, 0.15) is 29.8 Å². The van der Waals surface area contributed by atoms with Gasteiger partial charge < -0.3 is 4.74 Å². The fraction of sp³-hybridized carbons (Fsp3) is 0.188. The summed E-state index contributed by atoms with van der Waals surface area (Å²) in [6, 6.07) is 7.33. The first kappa shape index (κ1) is 14.0. The predicted molar refractivity (Wildman–Crippen MR) is 74.3 cm³/mol. The molecule has 1 rings (SSSR count). The molecule has 0 aromatic heterocycles. The number of carbonyl (C=O) groups is 1. The van der Waals surface area contributed by atoms with Crippen molar-refractivity contribution in [3.05, 3.63) is 71.5 Å². The van der Waals surface area contributed by atoms with Crippen LogP contribution in [0.5, 0.6) is 0 Å². The standard InChI is InChI=1S/C16H18O2/c1-4-5-6-16(13(2)3)18-12-15-9-7-14(11-17)8-10-15/h4-11H,2,12H2,1,3H3/b5-4-,16-6+. The first-order valence-electron chi connectivity index (χ1n) is 5.83. The predicted octanol–water partition coefficient (Wildman–Crippen LogP) is 4.05. The van der Waals surface area contributed by atoms with Crippen LogP contribution >= 0.6 is 0 Å². The van der Waals surface area contributed by atoms with Gasteiger partial charge in [0.25, 0.3) is 0 Å². The van der Waals surface area contributed by atoms with Crippen LogP contribution in [0.25, 0.3) is 0 Å². The van der Waals surface area contributed by atoms with Gasteiger partial charge in [0.1, 0.15) is 18.7 Å². The summed E-state index contributed by atoms with van der Waals surface area (Å²) >= 11 is 0. The van der Waals surface area contributed by atoms with Gasteiger partial charge in [-0.3, -0.25) is 4.79 Å². The van der Waals surface area contributed by atoms with Gasteiger partial charge in [0.15, 0.2) is 0 Å². The van der Waals surface area contributed by atoms with Gasteiger partial charge >= 0.3 is 0 Å². The van der Waals surface area contributed by atoms with Crippen molar-refractivity contribution in [1.29, 1.82) is 0 Å². The molecular weight excluding hydrogens is 224 g/mol. The Balaban J connectivity index is 2.66. The third-order valence-corrected chi connectivity index (χ3v) is 2.37. The van der Waals surface area contributed by atoms with Crippen LogP contribution in [0.15, 0.2) is 60.4 Å². The quantitative estimate of drug-likeness (QED) is 0.427. The Kier molecular flexibility index (Phi) is 5.65. The van der Waals surface area contributed by atoms with Crippen LogP contribution in [-0.4, -0.2) is 6.29 Å². The Morgan fingerprint density at radius 2 is 2.00 bits per heavy atom. The van der Waals surface area contributed by atoms with Gasteiger partial charge in [0.2, 0.25) is 0 Å². The summed E-state index contributed by atoms with van der Waals surface area (Å²) in [7, 11) is 0. The molecule has 0 aliphatic heterocycles. The molecule has 94 valence electrons. The Labute approximate surface area is 108 Å². The van der Waals surface area contributed by atoms with Crippen molar-refractivity contribution in [1.82, 2.24) is 0 Å². The van der Waals surface area contributed by atoms with Crippen LogP contribution in [0.2, 0.25) is 0 Å². The Hall–Kier alpha value is -2.09. The summed E-state index contributed by atoms with van der Waals surface area (Å²) in [5, 5.41) is 0. The van der Waals surface area contributed by atoms with Crippen molar-refractivity contribution < 1.29 is 9.53 Å². The summed E-state index contributed by atoms with van der Waals surface area (Å²) in [6.45, 7) is 8.20. The first-order chi connectivity index (χ1) is 8.67. The Bertz CT molecular complexity index is 464. The van der Waals surface area contributed by atoms with Crippen LogP contribution in [-0.2, 0) is 11.3 Å². The van der Waals surface area contributed by atoms with E-state index in [-0.39, 0.29) is 0 Å². The zero-order valence-corrected chi connectivity index (χ0v) is 10.8. The van der Waals surface area contributed by atoms with E-state index in [0.29, 0.717) is 12.2 Å². The summed E-state index contributed by atoms with van der Waals surface area (Å²) < 4.78 is 5.69. The lowest BCUT2D eigenvalue weighted by molar-refractivity contribution is 0.112. The first-order valence-corrected chi connectivity index (χ1v) is 5.83. The number of rotatable bonds is 6. The van der Waals surface area contributed by atoms with Crippen molar-refractivity contribution in [2.24, 2.45) is 0 Å². The van der Waals surface area contributed by atoms with E-state index >= 15 is 0 Å². The van der Waals surface area contributed by atoms with Gasteiger partial charge in [-0.25, -0.2) is 0 Å². The van der Waals surface area contributed by atoms with E-state index in [4.69, 9.17) is 4.74 Å². The second-order valence-electron chi connectivity index (χ2n) is 3.99. The number of carbonyl (C=O) groups excluding carboxylic acids is 1.